The first-order chi connectivity index (χ1) is 12.3. The molecule has 25 heavy (non-hydrogen) atoms. The Hall–Kier alpha value is -2.40. The second-order valence-corrected chi connectivity index (χ2v) is 6.56. The smallest absolute Gasteiger partial charge is 0.165 e. The number of benzene rings is 2. The van der Waals surface area contributed by atoms with Gasteiger partial charge in [-0.1, -0.05) is 30.3 Å². The molecule has 4 nitrogen and oxygen atoms in total. The molecule has 2 aromatic carbocycles. The third-order valence-electron chi connectivity index (χ3n) is 4.88. The van der Waals surface area contributed by atoms with Crippen LogP contribution in [0.1, 0.15) is 18.5 Å². The molecular weight excluding hydrogens is 317 g/mol. The second-order valence-electron chi connectivity index (χ2n) is 6.56. The summed E-state index contributed by atoms with van der Waals surface area (Å²) < 4.78 is 19.5. The molecule has 0 saturated carbocycles. The number of ether oxygens (including phenoxy) is 1. The van der Waals surface area contributed by atoms with Crippen molar-refractivity contribution in [2.45, 2.75) is 25.4 Å². The van der Waals surface area contributed by atoms with E-state index in [0.29, 0.717) is 5.75 Å². The van der Waals surface area contributed by atoms with Crippen molar-refractivity contribution in [1.29, 1.82) is 0 Å². The lowest BCUT2D eigenvalue weighted by molar-refractivity contribution is 0.0977. The molecule has 1 N–H and O–H groups in total. The normalized spacial score (nSPS) is 16.4. The van der Waals surface area contributed by atoms with Gasteiger partial charge >= 0.3 is 0 Å². The highest BCUT2D eigenvalue weighted by Gasteiger charge is 2.21. The average molecular weight is 339 g/mol. The topological polar surface area (TPSA) is 41.1 Å². The molecule has 1 aromatic heterocycles. The van der Waals surface area contributed by atoms with Crippen molar-refractivity contribution >= 4 is 10.9 Å². The van der Waals surface area contributed by atoms with Crippen LogP contribution in [0.5, 0.6) is 5.75 Å². The molecule has 0 bridgehead atoms. The maximum atomic E-state index is 13.7. The van der Waals surface area contributed by atoms with E-state index in [4.69, 9.17) is 4.74 Å². The molecule has 130 valence electrons. The van der Waals surface area contributed by atoms with Gasteiger partial charge in [-0.2, -0.15) is 5.10 Å². The highest BCUT2D eigenvalue weighted by molar-refractivity contribution is 5.81. The van der Waals surface area contributed by atoms with Gasteiger partial charge in [0.25, 0.3) is 0 Å². The Kier molecular flexibility index (Phi) is 4.65. The van der Waals surface area contributed by atoms with Gasteiger partial charge in [-0.15, -0.1) is 0 Å². The van der Waals surface area contributed by atoms with E-state index in [2.05, 4.69) is 21.2 Å². The Balaban J connectivity index is 1.28. The predicted molar refractivity (Wildman–Crippen MR) is 96.3 cm³/mol. The fourth-order valence-electron chi connectivity index (χ4n) is 3.45. The molecule has 1 fully saturated rings. The molecule has 0 atom stereocenters. The molecule has 2 heterocycles. The maximum absolute atomic E-state index is 13.7. The van der Waals surface area contributed by atoms with Gasteiger partial charge in [0.2, 0.25) is 0 Å². The third-order valence-corrected chi connectivity index (χ3v) is 4.88. The standard InChI is InChI=1S/C20H22FN3O/c21-17-6-2-4-8-20(17)25-15-9-12-24(13-10-15)14-11-19-16-5-1-3-7-18(16)22-23-19/h1-8,15H,9-14H2,(H,22,23). The fraction of sp³-hybridized carbons (Fsp3) is 0.350. The average Bonchev–Trinajstić information content (AvgIpc) is 3.06. The number of nitrogens with one attached hydrogen (secondary N) is 1. The maximum Gasteiger partial charge on any atom is 0.165 e. The molecule has 0 radical (unpaired) electrons. The van der Waals surface area contributed by atoms with Crippen molar-refractivity contribution in [3.63, 3.8) is 0 Å². The van der Waals surface area contributed by atoms with Crippen molar-refractivity contribution in [3.05, 3.63) is 60.0 Å². The zero-order valence-corrected chi connectivity index (χ0v) is 14.1. The molecule has 0 amide bonds. The van der Waals surface area contributed by atoms with Gasteiger partial charge in [0.15, 0.2) is 11.6 Å². The van der Waals surface area contributed by atoms with Gasteiger partial charge in [0.1, 0.15) is 6.10 Å². The molecule has 4 rings (SSSR count). The van der Waals surface area contributed by atoms with Gasteiger partial charge in [-0.25, -0.2) is 4.39 Å². The number of nitrogens with zero attached hydrogens (tertiary/aromatic N) is 2. The van der Waals surface area contributed by atoms with Gasteiger partial charge in [0.05, 0.1) is 5.52 Å². The highest BCUT2D eigenvalue weighted by atomic mass is 19.1. The summed E-state index contributed by atoms with van der Waals surface area (Å²) in [5.41, 5.74) is 2.22. The van der Waals surface area contributed by atoms with E-state index in [1.54, 1.807) is 12.1 Å². The summed E-state index contributed by atoms with van der Waals surface area (Å²) in [6.45, 7) is 2.95. The van der Waals surface area contributed by atoms with Gasteiger partial charge in [-0.3, -0.25) is 5.10 Å². The summed E-state index contributed by atoms with van der Waals surface area (Å²) in [4.78, 5) is 2.44. The number of rotatable bonds is 5. The molecule has 0 aliphatic carbocycles. The van der Waals surface area contributed by atoms with E-state index in [-0.39, 0.29) is 11.9 Å². The van der Waals surface area contributed by atoms with Crippen LogP contribution >= 0.6 is 0 Å². The molecule has 5 heteroatoms. The summed E-state index contributed by atoms with van der Waals surface area (Å²) >= 11 is 0. The minimum Gasteiger partial charge on any atom is -0.487 e. The van der Waals surface area contributed by atoms with Crippen LogP contribution in [0.2, 0.25) is 0 Å². The number of halogens is 1. The first-order valence-electron chi connectivity index (χ1n) is 8.85. The van der Waals surface area contributed by atoms with Crippen molar-refractivity contribution in [2.75, 3.05) is 19.6 Å². The number of hydrogen-bond donors (Lipinski definition) is 1. The van der Waals surface area contributed by atoms with Gasteiger partial charge in [0, 0.05) is 37.1 Å². The highest BCUT2D eigenvalue weighted by Crippen LogP contribution is 2.22. The van der Waals surface area contributed by atoms with E-state index in [1.165, 1.54) is 17.1 Å². The SMILES string of the molecule is Fc1ccccc1OC1CCN(CCc2[nH]nc3ccccc23)CC1. The second kappa shape index (κ2) is 7.23. The Bertz CT molecular complexity index is 840. The lowest BCUT2D eigenvalue weighted by atomic mass is 10.1. The minimum absolute atomic E-state index is 0.0983. The number of piperidine rings is 1. The molecular formula is C20H22FN3O. The quantitative estimate of drug-likeness (QED) is 0.769. The number of fused-ring (bicyclic) bond motifs is 1. The first-order valence-corrected chi connectivity index (χ1v) is 8.85. The predicted octanol–water partition coefficient (Wildman–Crippen LogP) is 3.79. The molecule has 3 aromatic rings. The van der Waals surface area contributed by atoms with Gasteiger partial charge in [-0.05, 0) is 31.0 Å². The van der Waals surface area contributed by atoms with Crippen LogP contribution in [0.25, 0.3) is 10.9 Å². The Labute approximate surface area is 146 Å². The molecule has 0 unspecified atom stereocenters. The van der Waals surface area contributed by atoms with E-state index in [9.17, 15) is 4.39 Å². The van der Waals surface area contributed by atoms with E-state index in [1.807, 2.05) is 24.3 Å². The Morgan fingerprint density at radius 3 is 2.68 bits per heavy atom. The van der Waals surface area contributed by atoms with Crippen LogP contribution in [0.15, 0.2) is 48.5 Å². The van der Waals surface area contributed by atoms with Crippen molar-refractivity contribution < 1.29 is 9.13 Å². The number of H-pyrrole nitrogens is 1. The van der Waals surface area contributed by atoms with Crippen LogP contribution in [0, 0.1) is 5.82 Å². The van der Waals surface area contributed by atoms with E-state index in [0.717, 1.165) is 44.4 Å². The van der Waals surface area contributed by atoms with E-state index < -0.39 is 0 Å². The number of para-hydroxylation sites is 2. The summed E-state index contributed by atoms with van der Waals surface area (Å²) in [6, 6.07) is 14.8. The lowest BCUT2D eigenvalue weighted by Crippen LogP contribution is -2.39. The number of likely N-dealkylation sites (tertiary alicyclic amines) is 1. The zero-order chi connectivity index (χ0) is 17.1. The monoisotopic (exact) mass is 339 g/mol. The molecule has 1 aliphatic rings. The number of aromatic nitrogens is 2. The largest absolute Gasteiger partial charge is 0.487 e. The molecule has 0 spiro atoms. The Morgan fingerprint density at radius 1 is 1.08 bits per heavy atom. The molecule has 1 saturated heterocycles. The zero-order valence-electron chi connectivity index (χ0n) is 14.1. The summed E-state index contributed by atoms with van der Waals surface area (Å²) in [5.74, 6) is 0.0842. The third kappa shape index (κ3) is 3.66. The number of hydrogen-bond acceptors (Lipinski definition) is 3. The van der Waals surface area contributed by atoms with Crippen molar-refractivity contribution in [3.8, 4) is 5.75 Å². The van der Waals surface area contributed by atoms with Crippen LogP contribution in [0.3, 0.4) is 0 Å². The Morgan fingerprint density at radius 2 is 1.84 bits per heavy atom. The summed E-state index contributed by atoms with van der Waals surface area (Å²) in [7, 11) is 0. The summed E-state index contributed by atoms with van der Waals surface area (Å²) in [5, 5.41) is 8.72. The summed E-state index contributed by atoms with van der Waals surface area (Å²) in [6.07, 6.45) is 2.91. The van der Waals surface area contributed by atoms with E-state index >= 15 is 0 Å². The van der Waals surface area contributed by atoms with Crippen molar-refractivity contribution in [2.24, 2.45) is 0 Å². The molecule has 1 aliphatic heterocycles. The number of aromatic amines is 1. The first kappa shape index (κ1) is 16.1. The van der Waals surface area contributed by atoms with Crippen molar-refractivity contribution in [1.82, 2.24) is 15.1 Å². The van der Waals surface area contributed by atoms with Crippen LogP contribution < -0.4 is 4.74 Å². The minimum atomic E-state index is -0.281. The lowest BCUT2D eigenvalue weighted by Gasteiger charge is -2.32. The van der Waals surface area contributed by atoms with Gasteiger partial charge < -0.3 is 9.64 Å². The fourth-order valence-corrected chi connectivity index (χ4v) is 3.45. The van der Waals surface area contributed by atoms with Crippen LogP contribution in [-0.4, -0.2) is 40.8 Å². The van der Waals surface area contributed by atoms with Crippen LogP contribution in [-0.2, 0) is 6.42 Å². The van der Waals surface area contributed by atoms with Crippen LogP contribution in [0.4, 0.5) is 4.39 Å².